The Labute approximate surface area is 148 Å². The molecule has 0 amide bonds. The zero-order valence-electron chi connectivity index (χ0n) is 15.3. The standard InChI is InChI=1S/C20H24O5/c1-7-12(3)17-14(20(21)25-8-2)11-13-15(22-4)9-10-16(23-5)18(13)19(17)24-6/h7,9-12H,1,8H2,2-6H3. The molecule has 0 N–H and O–H groups in total. The van der Waals surface area contributed by atoms with E-state index in [4.69, 9.17) is 18.9 Å². The lowest BCUT2D eigenvalue weighted by atomic mass is 9.90. The average molecular weight is 344 g/mol. The zero-order chi connectivity index (χ0) is 18.6. The van der Waals surface area contributed by atoms with Crippen molar-refractivity contribution in [2.45, 2.75) is 19.8 Å². The first-order valence-electron chi connectivity index (χ1n) is 8.09. The van der Waals surface area contributed by atoms with Gasteiger partial charge in [0.25, 0.3) is 0 Å². The molecule has 25 heavy (non-hydrogen) atoms. The van der Waals surface area contributed by atoms with Gasteiger partial charge in [0.2, 0.25) is 0 Å². The molecule has 0 spiro atoms. The van der Waals surface area contributed by atoms with Crippen molar-refractivity contribution in [2.75, 3.05) is 27.9 Å². The molecule has 0 radical (unpaired) electrons. The second-order valence-electron chi connectivity index (χ2n) is 5.51. The number of benzene rings is 2. The van der Waals surface area contributed by atoms with Gasteiger partial charge in [0.05, 0.1) is 38.9 Å². The monoisotopic (exact) mass is 344 g/mol. The third-order valence-electron chi connectivity index (χ3n) is 4.17. The number of esters is 1. The number of methoxy groups -OCH3 is 3. The fourth-order valence-electron chi connectivity index (χ4n) is 2.94. The first-order chi connectivity index (χ1) is 12.0. The number of ether oxygens (including phenoxy) is 4. The molecule has 2 rings (SSSR count). The predicted molar refractivity (Wildman–Crippen MR) is 98.2 cm³/mol. The highest BCUT2D eigenvalue weighted by Crippen LogP contribution is 2.45. The van der Waals surface area contributed by atoms with Gasteiger partial charge in [0, 0.05) is 16.9 Å². The summed E-state index contributed by atoms with van der Waals surface area (Å²) in [5.41, 5.74) is 1.15. The summed E-state index contributed by atoms with van der Waals surface area (Å²) in [5.74, 6) is 1.30. The molecule has 1 unspecified atom stereocenters. The van der Waals surface area contributed by atoms with Gasteiger partial charge < -0.3 is 18.9 Å². The van der Waals surface area contributed by atoms with E-state index in [1.165, 1.54) is 0 Å². The minimum atomic E-state index is -0.406. The maximum Gasteiger partial charge on any atom is 0.338 e. The van der Waals surface area contributed by atoms with Gasteiger partial charge in [0.1, 0.15) is 17.2 Å². The highest BCUT2D eigenvalue weighted by Gasteiger charge is 2.26. The maximum atomic E-state index is 12.6. The zero-order valence-corrected chi connectivity index (χ0v) is 15.3. The first kappa shape index (κ1) is 18.6. The van der Waals surface area contributed by atoms with E-state index in [0.29, 0.717) is 22.8 Å². The van der Waals surface area contributed by atoms with Crippen molar-refractivity contribution in [1.29, 1.82) is 0 Å². The van der Waals surface area contributed by atoms with E-state index in [1.54, 1.807) is 46.5 Å². The second-order valence-corrected chi connectivity index (χ2v) is 5.51. The molecule has 134 valence electrons. The highest BCUT2D eigenvalue weighted by atomic mass is 16.5. The molecule has 5 heteroatoms. The maximum absolute atomic E-state index is 12.6. The molecule has 0 aliphatic rings. The van der Waals surface area contributed by atoms with Crippen LogP contribution in [0.2, 0.25) is 0 Å². The molecule has 0 saturated heterocycles. The van der Waals surface area contributed by atoms with Crippen LogP contribution in [-0.4, -0.2) is 33.9 Å². The minimum Gasteiger partial charge on any atom is -0.496 e. The molecule has 2 aromatic carbocycles. The number of hydrogen-bond donors (Lipinski definition) is 0. The topological polar surface area (TPSA) is 54.0 Å². The van der Waals surface area contributed by atoms with Crippen molar-refractivity contribution in [1.82, 2.24) is 0 Å². The molecule has 5 nitrogen and oxygen atoms in total. The van der Waals surface area contributed by atoms with E-state index in [1.807, 2.05) is 13.0 Å². The smallest absolute Gasteiger partial charge is 0.338 e. The minimum absolute atomic E-state index is 0.116. The Bertz CT molecular complexity index is 795. The number of rotatable bonds is 7. The van der Waals surface area contributed by atoms with Crippen molar-refractivity contribution in [2.24, 2.45) is 0 Å². The largest absolute Gasteiger partial charge is 0.496 e. The summed E-state index contributed by atoms with van der Waals surface area (Å²) in [4.78, 5) is 12.6. The van der Waals surface area contributed by atoms with Crippen LogP contribution in [0, 0.1) is 0 Å². The third kappa shape index (κ3) is 3.27. The fraction of sp³-hybridized carbons (Fsp3) is 0.350. The van der Waals surface area contributed by atoms with Gasteiger partial charge in [0.15, 0.2) is 0 Å². The molecular weight excluding hydrogens is 320 g/mol. The molecular formula is C20H24O5. The van der Waals surface area contributed by atoms with Gasteiger partial charge in [-0.1, -0.05) is 13.0 Å². The first-order valence-corrected chi connectivity index (χ1v) is 8.09. The van der Waals surface area contributed by atoms with E-state index >= 15 is 0 Å². The lowest BCUT2D eigenvalue weighted by Gasteiger charge is -2.21. The molecule has 0 aliphatic heterocycles. The summed E-state index contributed by atoms with van der Waals surface area (Å²) in [6, 6.07) is 5.38. The Balaban J connectivity index is 3.00. The van der Waals surface area contributed by atoms with Crippen LogP contribution in [0.25, 0.3) is 10.8 Å². The van der Waals surface area contributed by atoms with Crippen LogP contribution in [-0.2, 0) is 4.74 Å². The van der Waals surface area contributed by atoms with Gasteiger partial charge in [-0.2, -0.15) is 0 Å². The molecule has 0 heterocycles. The van der Waals surface area contributed by atoms with E-state index in [0.717, 1.165) is 16.3 Å². The van der Waals surface area contributed by atoms with E-state index < -0.39 is 5.97 Å². The van der Waals surface area contributed by atoms with Crippen molar-refractivity contribution >= 4 is 16.7 Å². The number of allylic oxidation sites excluding steroid dienone is 1. The van der Waals surface area contributed by atoms with Crippen molar-refractivity contribution in [3.05, 3.63) is 42.0 Å². The molecule has 0 aromatic heterocycles. The highest BCUT2D eigenvalue weighted by molar-refractivity contribution is 6.05. The fourth-order valence-corrected chi connectivity index (χ4v) is 2.94. The van der Waals surface area contributed by atoms with Crippen LogP contribution in [0.4, 0.5) is 0 Å². The van der Waals surface area contributed by atoms with Crippen LogP contribution < -0.4 is 14.2 Å². The average Bonchev–Trinajstić information content (AvgIpc) is 2.64. The Morgan fingerprint density at radius 1 is 1.16 bits per heavy atom. The number of hydrogen-bond acceptors (Lipinski definition) is 5. The van der Waals surface area contributed by atoms with Gasteiger partial charge in [-0.15, -0.1) is 6.58 Å². The van der Waals surface area contributed by atoms with Crippen molar-refractivity contribution in [3.63, 3.8) is 0 Å². The predicted octanol–water partition coefficient (Wildman–Crippen LogP) is 4.33. The third-order valence-corrected chi connectivity index (χ3v) is 4.17. The van der Waals surface area contributed by atoms with E-state index in [9.17, 15) is 4.79 Å². The van der Waals surface area contributed by atoms with Gasteiger partial charge in [-0.05, 0) is 25.1 Å². The summed E-state index contributed by atoms with van der Waals surface area (Å²) in [7, 11) is 4.75. The SMILES string of the molecule is C=CC(C)c1c(C(=O)OCC)cc2c(OC)ccc(OC)c2c1OC. The molecule has 0 aliphatic carbocycles. The van der Waals surface area contributed by atoms with Gasteiger partial charge >= 0.3 is 5.97 Å². The Morgan fingerprint density at radius 2 is 1.80 bits per heavy atom. The Kier molecular flexibility index (Phi) is 5.91. The van der Waals surface area contributed by atoms with E-state index in [-0.39, 0.29) is 12.5 Å². The lowest BCUT2D eigenvalue weighted by Crippen LogP contribution is -2.11. The van der Waals surface area contributed by atoms with Crippen molar-refractivity contribution in [3.8, 4) is 17.2 Å². The second kappa shape index (κ2) is 7.92. The van der Waals surface area contributed by atoms with Crippen molar-refractivity contribution < 1.29 is 23.7 Å². The molecule has 0 fully saturated rings. The van der Waals surface area contributed by atoms with Gasteiger partial charge in [-0.25, -0.2) is 4.79 Å². The number of fused-ring (bicyclic) bond motifs is 1. The summed E-state index contributed by atoms with van der Waals surface area (Å²) in [6.07, 6.45) is 1.76. The summed E-state index contributed by atoms with van der Waals surface area (Å²) < 4.78 is 21.9. The van der Waals surface area contributed by atoms with Gasteiger partial charge in [-0.3, -0.25) is 0 Å². The van der Waals surface area contributed by atoms with Crippen LogP contribution >= 0.6 is 0 Å². The Morgan fingerprint density at radius 3 is 2.32 bits per heavy atom. The lowest BCUT2D eigenvalue weighted by molar-refractivity contribution is 0.0524. The summed E-state index contributed by atoms with van der Waals surface area (Å²) in [6.45, 7) is 7.86. The summed E-state index contributed by atoms with van der Waals surface area (Å²) >= 11 is 0. The normalized spacial score (nSPS) is 11.7. The van der Waals surface area contributed by atoms with Crippen LogP contribution in [0.3, 0.4) is 0 Å². The molecule has 0 saturated carbocycles. The Hall–Kier alpha value is -2.69. The van der Waals surface area contributed by atoms with Crippen LogP contribution in [0.15, 0.2) is 30.9 Å². The van der Waals surface area contributed by atoms with Crippen LogP contribution in [0.5, 0.6) is 17.2 Å². The molecule has 0 bridgehead atoms. The quantitative estimate of drug-likeness (QED) is 0.553. The number of carbonyl (C=O) groups is 1. The molecule has 2 aromatic rings. The molecule has 1 atom stereocenters. The van der Waals surface area contributed by atoms with E-state index in [2.05, 4.69) is 6.58 Å². The number of carbonyl (C=O) groups excluding carboxylic acids is 1. The summed E-state index contributed by atoms with van der Waals surface area (Å²) in [5, 5.41) is 1.47. The van der Waals surface area contributed by atoms with Crippen LogP contribution in [0.1, 0.15) is 35.7 Å².